The lowest BCUT2D eigenvalue weighted by atomic mass is 9.91. The largest absolute Gasteiger partial charge is 0.198 e. The molecule has 0 bridgehead atoms. The molecule has 0 aliphatic heterocycles. The van der Waals surface area contributed by atoms with Crippen molar-refractivity contribution in [3.63, 3.8) is 0 Å². The second kappa shape index (κ2) is 5.54. The average Bonchev–Trinajstić information content (AvgIpc) is 2.28. The molecule has 0 aliphatic carbocycles. The molecule has 3 heteroatoms. The summed E-state index contributed by atoms with van der Waals surface area (Å²) < 4.78 is 0. The molecule has 0 fully saturated rings. The lowest BCUT2D eigenvalue weighted by molar-refractivity contribution is 0.726. The molecule has 0 saturated heterocycles. The molecule has 0 spiro atoms. The maximum absolute atomic E-state index is 8.85. The SMILES string of the molecule is CCC(C)c1c(Cl)cc(C#N)cc1CC#N. The molecule has 0 aliphatic rings. The summed E-state index contributed by atoms with van der Waals surface area (Å²) in [6, 6.07) is 7.60. The van der Waals surface area contributed by atoms with E-state index in [9.17, 15) is 0 Å². The predicted molar refractivity (Wildman–Crippen MR) is 64.2 cm³/mol. The van der Waals surface area contributed by atoms with Crippen molar-refractivity contribution in [1.29, 1.82) is 10.5 Å². The standard InChI is InChI=1S/C13H13ClN2/c1-3-9(2)13-11(4-5-15)6-10(8-16)7-12(13)14/h6-7,9H,3-4H2,1-2H3. The fraction of sp³-hybridized carbons (Fsp3) is 0.385. The van der Waals surface area contributed by atoms with E-state index < -0.39 is 0 Å². The Morgan fingerprint density at radius 3 is 2.56 bits per heavy atom. The van der Waals surface area contributed by atoms with E-state index in [1.54, 1.807) is 12.1 Å². The molecule has 1 atom stereocenters. The van der Waals surface area contributed by atoms with Gasteiger partial charge in [0.05, 0.1) is 24.1 Å². The number of rotatable bonds is 3. The molecule has 0 amide bonds. The van der Waals surface area contributed by atoms with Crippen molar-refractivity contribution in [3.05, 3.63) is 33.8 Å². The Labute approximate surface area is 101 Å². The van der Waals surface area contributed by atoms with Crippen LogP contribution >= 0.6 is 11.6 Å². The second-order valence-electron chi connectivity index (χ2n) is 3.79. The molecule has 16 heavy (non-hydrogen) atoms. The first-order valence-electron chi connectivity index (χ1n) is 5.23. The predicted octanol–water partition coefficient (Wildman–Crippen LogP) is 3.79. The van der Waals surface area contributed by atoms with Gasteiger partial charge in [-0.3, -0.25) is 0 Å². The Hall–Kier alpha value is -1.51. The highest BCUT2D eigenvalue weighted by molar-refractivity contribution is 6.31. The number of halogens is 1. The van der Waals surface area contributed by atoms with Gasteiger partial charge in [-0.1, -0.05) is 25.4 Å². The van der Waals surface area contributed by atoms with E-state index in [0.29, 0.717) is 22.9 Å². The van der Waals surface area contributed by atoms with Crippen molar-refractivity contribution >= 4 is 11.6 Å². The lowest BCUT2D eigenvalue weighted by Crippen LogP contribution is -2.00. The zero-order valence-corrected chi connectivity index (χ0v) is 10.2. The zero-order chi connectivity index (χ0) is 12.1. The van der Waals surface area contributed by atoms with Gasteiger partial charge in [0.25, 0.3) is 0 Å². The monoisotopic (exact) mass is 232 g/mol. The third-order valence-electron chi connectivity index (χ3n) is 2.72. The minimum Gasteiger partial charge on any atom is -0.198 e. The number of nitriles is 2. The van der Waals surface area contributed by atoms with Crippen LogP contribution in [-0.4, -0.2) is 0 Å². The van der Waals surface area contributed by atoms with Crippen LogP contribution in [0.1, 0.15) is 42.9 Å². The Bertz CT molecular complexity index is 466. The Morgan fingerprint density at radius 2 is 2.06 bits per heavy atom. The third kappa shape index (κ3) is 2.54. The van der Waals surface area contributed by atoms with Crippen LogP contribution in [0.15, 0.2) is 12.1 Å². The van der Waals surface area contributed by atoms with Crippen LogP contribution in [0.4, 0.5) is 0 Å². The quantitative estimate of drug-likeness (QED) is 0.796. The summed E-state index contributed by atoms with van der Waals surface area (Å²) in [5.74, 6) is 0.309. The number of nitrogens with zero attached hydrogens (tertiary/aromatic N) is 2. The van der Waals surface area contributed by atoms with Crippen LogP contribution in [0, 0.1) is 22.7 Å². The van der Waals surface area contributed by atoms with Crippen molar-refractivity contribution in [2.75, 3.05) is 0 Å². The van der Waals surface area contributed by atoms with E-state index in [1.807, 2.05) is 0 Å². The van der Waals surface area contributed by atoms with Crippen molar-refractivity contribution < 1.29 is 0 Å². The molecular weight excluding hydrogens is 220 g/mol. The average molecular weight is 233 g/mol. The highest BCUT2D eigenvalue weighted by Crippen LogP contribution is 2.31. The first-order valence-corrected chi connectivity index (χ1v) is 5.61. The molecule has 0 N–H and O–H groups in total. The molecule has 0 heterocycles. The molecule has 1 aromatic carbocycles. The lowest BCUT2D eigenvalue weighted by Gasteiger charge is -2.15. The molecule has 1 rings (SSSR count). The smallest absolute Gasteiger partial charge is 0.0992 e. The molecular formula is C13H13ClN2. The van der Waals surface area contributed by atoms with Gasteiger partial charge in [0.15, 0.2) is 0 Å². The third-order valence-corrected chi connectivity index (χ3v) is 3.03. The van der Waals surface area contributed by atoms with Gasteiger partial charge in [0.2, 0.25) is 0 Å². The molecule has 0 radical (unpaired) electrons. The Kier molecular flexibility index (Phi) is 4.35. The fourth-order valence-electron chi connectivity index (χ4n) is 1.73. The minimum absolute atomic E-state index is 0.301. The Morgan fingerprint density at radius 1 is 1.38 bits per heavy atom. The first-order chi connectivity index (χ1) is 7.63. The summed E-state index contributed by atoms with van der Waals surface area (Å²) in [7, 11) is 0. The molecule has 82 valence electrons. The van der Waals surface area contributed by atoms with Gasteiger partial charge in [-0.05, 0) is 35.6 Å². The van der Waals surface area contributed by atoms with E-state index in [4.69, 9.17) is 22.1 Å². The summed E-state index contributed by atoms with van der Waals surface area (Å²) in [6.07, 6.45) is 1.26. The van der Waals surface area contributed by atoms with Crippen LogP contribution in [-0.2, 0) is 6.42 Å². The van der Waals surface area contributed by atoms with Gasteiger partial charge in [0.1, 0.15) is 0 Å². The molecule has 0 aromatic heterocycles. The van der Waals surface area contributed by atoms with E-state index in [2.05, 4.69) is 26.0 Å². The maximum Gasteiger partial charge on any atom is 0.0992 e. The van der Waals surface area contributed by atoms with Gasteiger partial charge in [-0.25, -0.2) is 0 Å². The minimum atomic E-state index is 0.301. The summed E-state index contributed by atoms with van der Waals surface area (Å²) in [6.45, 7) is 4.16. The topological polar surface area (TPSA) is 47.6 Å². The number of benzene rings is 1. The van der Waals surface area contributed by atoms with Gasteiger partial charge in [0, 0.05) is 5.02 Å². The van der Waals surface area contributed by atoms with Gasteiger partial charge >= 0.3 is 0 Å². The second-order valence-corrected chi connectivity index (χ2v) is 4.19. The van der Waals surface area contributed by atoms with Crippen molar-refractivity contribution in [1.82, 2.24) is 0 Å². The summed E-state index contributed by atoms with van der Waals surface area (Å²) in [4.78, 5) is 0. The van der Waals surface area contributed by atoms with Crippen LogP contribution in [0.5, 0.6) is 0 Å². The molecule has 1 unspecified atom stereocenters. The van der Waals surface area contributed by atoms with E-state index in [-0.39, 0.29) is 0 Å². The summed E-state index contributed by atoms with van der Waals surface area (Å²) in [5.41, 5.74) is 2.40. The van der Waals surface area contributed by atoms with Crippen LogP contribution < -0.4 is 0 Å². The Balaban J connectivity index is 3.36. The number of hydrogen-bond acceptors (Lipinski definition) is 2. The number of hydrogen-bond donors (Lipinski definition) is 0. The summed E-state index contributed by atoms with van der Waals surface area (Å²) >= 11 is 6.16. The van der Waals surface area contributed by atoms with Gasteiger partial charge < -0.3 is 0 Å². The van der Waals surface area contributed by atoms with Crippen molar-refractivity contribution in [2.24, 2.45) is 0 Å². The maximum atomic E-state index is 8.85. The first kappa shape index (κ1) is 12.6. The van der Waals surface area contributed by atoms with Crippen LogP contribution in [0.25, 0.3) is 0 Å². The fourth-order valence-corrected chi connectivity index (χ4v) is 2.15. The van der Waals surface area contributed by atoms with Gasteiger partial charge in [-0.15, -0.1) is 0 Å². The van der Waals surface area contributed by atoms with E-state index >= 15 is 0 Å². The highest BCUT2D eigenvalue weighted by atomic mass is 35.5. The van der Waals surface area contributed by atoms with Crippen molar-refractivity contribution in [3.8, 4) is 12.1 Å². The van der Waals surface area contributed by atoms with Crippen LogP contribution in [0.3, 0.4) is 0 Å². The normalized spacial score (nSPS) is 11.6. The highest BCUT2D eigenvalue weighted by Gasteiger charge is 2.14. The molecule has 1 aromatic rings. The molecule has 0 saturated carbocycles. The van der Waals surface area contributed by atoms with E-state index in [0.717, 1.165) is 17.5 Å². The van der Waals surface area contributed by atoms with Crippen LogP contribution in [0.2, 0.25) is 5.02 Å². The van der Waals surface area contributed by atoms with Crippen molar-refractivity contribution in [2.45, 2.75) is 32.6 Å². The molecule has 2 nitrogen and oxygen atoms in total. The zero-order valence-electron chi connectivity index (χ0n) is 9.42. The van der Waals surface area contributed by atoms with Gasteiger partial charge in [-0.2, -0.15) is 10.5 Å². The summed E-state index contributed by atoms with van der Waals surface area (Å²) in [5, 5.41) is 18.2. The van der Waals surface area contributed by atoms with E-state index in [1.165, 1.54) is 0 Å².